The monoisotopic (exact) mass is 462 g/mol. The highest BCUT2D eigenvalue weighted by molar-refractivity contribution is 9.11. The van der Waals surface area contributed by atoms with Gasteiger partial charge in [0.25, 0.3) is 0 Å². The minimum atomic E-state index is -0.331. The Bertz CT molecular complexity index is 824. The lowest BCUT2D eigenvalue weighted by Gasteiger charge is -2.04. The highest BCUT2D eigenvalue weighted by Gasteiger charge is 2.31. The third kappa shape index (κ3) is 2.67. The fraction of sp³-hybridized carbons (Fsp3) is 0. The minimum absolute atomic E-state index is 0.0789. The number of halogens is 4. The second kappa shape index (κ2) is 5.89. The number of hydrogen-bond donors (Lipinski definition) is 1. The molecule has 3 nitrogen and oxygen atoms in total. The maximum atomic E-state index is 12.4. The van der Waals surface area contributed by atoms with E-state index in [0.29, 0.717) is 24.6 Å². The normalized spacial score (nSPS) is 15.1. The van der Waals surface area contributed by atoms with Crippen molar-refractivity contribution in [2.24, 2.45) is 0 Å². The van der Waals surface area contributed by atoms with Gasteiger partial charge in [-0.05, 0) is 67.8 Å². The molecule has 112 valence electrons. The van der Waals surface area contributed by atoms with Gasteiger partial charge in [0.1, 0.15) is 5.75 Å². The molecule has 0 spiro atoms. The molecule has 0 fully saturated rings. The maximum absolute atomic E-state index is 12.4. The van der Waals surface area contributed by atoms with Crippen molar-refractivity contribution < 1.29 is 14.6 Å². The number of fused-ring (bicyclic) bond motifs is 1. The van der Waals surface area contributed by atoms with Crippen LogP contribution in [0.25, 0.3) is 6.08 Å². The summed E-state index contributed by atoms with van der Waals surface area (Å²) in [5.74, 6) is 0.134. The number of carbonyl (C=O) groups excluding carboxylic acids is 1. The molecule has 2 aromatic rings. The van der Waals surface area contributed by atoms with E-state index in [4.69, 9.17) is 27.9 Å². The number of phenols is 1. The van der Waals surface area contributed by atoms with Gasteiger partial charge in [-0.1, -0.05) is 23.2 Å². The molecule has 0 aliphatic carbocycles. The van der Waals surface area contributed by atoms with E-state index in [1.54, 1.807) is 30.3 Å². The average Bonchev–Trinajstić information content (AvgIpc) is 2.79. The smallest absolute Gasteiger partial charge is 0.233 e. The van der Waals surface area contributed by atoms with Crippen molar-refractivity contribution in [2.45, 2.75) is 0 Å². The molecule has 0 unspecified atom stereocenters. The van der Waals surface area contributed by atoms with Crippen LogP contribution in [-0.4, -0.2) is 10.9 Å². The number of ether oxygens (including phenoxy) is 1. The molecule has 0 atom stereocenters. The van der Waals surface area contributed by atoms with Gasteiger partial charge < -0.3 is 9.84 Å². The van der Waals surface area contributed by atoms with E-state index >= 15 is 0 Å². The molecule has 0 amide bonds. The van der Waals surface area contributed by atoms with Gasteiger partial charge >= 0.3 is 0 Å². The SMILES string of the molecule is O=C1/C(=C/c2cc(Br)c(O)c(Br)c2)Oc2c(Cl)ccc(Cl)c21. The minimum Gasteiger partial charge on any atom is -0.506 e. The van der Waals surface area contributed by atoms with E-state index in [-0.39, 0.29) is 28.6 Å². The lowest BCUT2D eigenvalue weighted by Crippen LogP contribution is -1.98. The summed E-state index contributed by atoms with van der Waals surface area (Å²) in [7, 11) is 0. The van der Waals surface area contributed by atoms with E-state index in [0.717, 1.165) is 0 Å². The number of rotatable bonds is 1. The van der Waals surface area contributed by atoms with Gasteiger partial charge in [0.15, 0.2) is 11.5 Å². The molecular formula is C15H6Br2Cl2O3. The molecule has 1 heterocycles. The molecule has 0 radical (unpaired) electrons. The first kappa shape index (κ1) is 15.9. The average molecular weight is 465 g/mol. The predicted octanol–water partition coefficient (Wildman–Crippen LogP) is 5.84. The first-order chi connectivity index (χ1) is 10.4. The van der Waals surface area contributed by atoms with E-state index in [2.05, 4.69) is 31.9 Å². The van der Waals surface area contributed by atoms with Crippen molar-refractivity contribution in [3.8, 4) is 11.5 Å². The van der Waals surface area contributed by atoms with Gasteiger partial charge in [-0.15, -0.1) is 0 Å². The Labute approximate surface area is 152 Å². The van der Waals surface area contributed by atoms with Gasteiger partial charge in [0.05, 0.1) is 24.6 Å². The van der Waals surface area contributed by atoms with Gasteiger partial charge in [0, 0.05) is 0 Å². The van der Waals surface area contributed by atoms with Crippen LogP contribution in [0.1, 0.15) is 15.9 Å². The van der Waals surface area contributed by atoms with Gasteiger partial charge in [-0.2, -0.15) is 0 Å². The summed E-state index contributed by atoms with van der Waals surface area (Å²) in [4.78, 5) is 12.4. The quantitative estimate of drug-likeness (QED) is 0.539. The topological polar surface area (TPSA) is 46.5 Å². The lowest BCUT2D eigenvalue weighted by molar-refractivity contribution is 0.101. The second-order valence-electron chi connectivity index (χ2n) is 4.51. The van der Waals surface area contributed by atoms with Crippen molar-refractivity contribution in [1.82, 2.24) is 0 Å². The molecule has 3 rings (SSSR count). The fourth-order valence-corrected chi connectivity index (χ4v) is 3.69. The van der Waals surface area contributed by atoms with Crippen LogP contribution in [0.4, 0.5) is 0 Å². The zero-order valence-electron chi connectivity index (χ0n) is 10.7. The Balaban J connectivity index is 2.07. The van der Waals surface area contributed by atoms with Crippen LogP contribution in [0.3, 0.4) is 0 Å². The summed E-state index contributed by atoms with van der Waals surface area (Å²) in [5, 5.41) is 10.3. The highest BCUT2D eigenvalue weighted by atomic mass is 79.9. The van der Waals surface area contributed by atoms with Crippen molar-refractivity contribution in [3.05, 3.63) is 60.1 Å². The molecular weight excluding hydrogens is 459 g/mol. The summed E-state index contributed by atoms with van der Waals surface area (Å²) < 4.78 is 6.53. The molecule has 0 saturated heterocycles. The van der Waals surface area contributed by atoms with Crippen molar-refractivity contribution in [3.63, 3.8) is 0 Å². The zero-order chi connectivity index (χ0) is 16.0. The summed E-state index contributed by atoms with van der Waals surface area (Å²) in [5.41, 5.74) is 0.928. The van der Waals surface area contributed by atoms with Crippen molar-refractivity contribution in [1.29, 1.82) is 0 Å². The van der Waals surface area contributed by atoms with Gasteiger partial charge in [-0.25, -0.2) is 0 Å². The van der Waals surface area contributed by atoms with Crippen LogP contribution in [0.5, 0.6) is 11.5 Å². The van der Waals surface area contributed by atoms with E-state index < -0.39 is 0 Å². The first-order valence-electron chi connectivity index (χ1n) is 5.98. The third-order valence-electron chi connectivity index (χ3n) is 3.06. The zero-order valence-corrected chi connectivity index (χ0v) is 15.3. The van der Waals surface area contributed by atoms with Crippen LogP contribution in [0.15, 0.2) is 39.0 Å². The van der Waals surface area contributed by atoms with Crippen LogP contribution >= 0.6 is 55.1 Å². The highest BCUT2D eigenvalue weighted by Crippen LogP contribution is 2.42. The molecule has 1 aliphatic heterocycles. The van der Waals surface area contributed by atoms with Crippen LogP contribution in [-0.2, 0) is 0 Å². The lowest BCUT2D eigenvalue weighted by atomic mass is 10.1. The Morgan fingerprint density at radius 1 is 1.09 bits per heavy atom. The standard InChI is InChI=1S/C15H6Br2Cl2O3/c16-7-3-6(4-8(17)13(7)20)5-11-14(21)12-9(18)1-2-10(19)15(12)22-11/h1-5,20H/b11-5-. The van der Waals surface area contributed by atoms with Crippen LogP contribution in [0.2, 0.25) is 10.0 Å². The summed E-state index contributed by atoms with van der Waals surface area (Å²) in [6.07, 6.45) is 1.56. The largest absolute Gasteiger partial charge is 0.506 e. The number of allylic oxidation sites excluding steroid dienone is 1. The number of phenolic OH excluding ortho intramolecular Hbond substituents is 1. The summed E-state index contributed by atoms with van der Waals surface area (Å²) in [6.45, 7) is 0. The summed E-state index contributed by atoms with van der Waals surface area (Å²) >= 11 is 18.5. The Morgan fingerprint density at radius 3 is 2.27 bits per heavy atom. The molecule has 0 aromatic heterocycles. The van der Waals surface area contributed by atoms with Crippen molar-refractivity contribution >= 4 is 66.9 Å². The van der Waals surface area contributed by atoms with Crippen LogP contribution in [0, 0.1) is 0 Å². The Morgan fingerprint density at radius 2 is 1.68 bits per heavy atom. The fourth-order valence-electron chi connectivity index (χ4n) is 2.04. The van der Waals surface area contributed by atoms with Gasteiger partial charge in [-0.3, -0.25) is 4.79 Å². The number of hydrogen-bond acceptors (Lipinski definition) is 3. The van der Waals surface area contributed by atoms with E-state index in [9.17, 15) is 9.90 Å². The van der Waals surface area contributed by atoms with E-state index in [1.807, 2.05) is 0 Å². The van der Waals surface area contributed by atoms with Gasteiger partial charge in [0.2, 0.25) is 5.78 Å². The molecule has 22 heavy (non-hydrogen) atoms. The maximum Gasteiger partial charge on any atom is 0.233 e. The molecule has 7 heteroatoms. The Hall–Kier alpha value is -1.01. The summed E-state index contributed by atoms with van der Waals surface area (Å²) in [6, 6.07) is 6.46. The number of aromatic hydroxyl groups is 1. The number of Topliss-reactive ketones (excluding diaryl/α,β-unsaturated/α-hetero) is 1. The van der Waals surface area contributed by atoms with Crippen LogP contribution < -0.4 is 4.74 Å². The van der Waals surface area contributed by atoms with E-state index in [1.165, 1.54) is 0 Å². The van der Waals surface area contributed by atoms with Crippen molar-refractivity contribution in [2.75, 3.05) is 0 Å². The number of carbonyl (C=O) groups is 1. The number of benzene rings is 2. The predicted molar refractivity (Wildman–Crippen MR) is 92.9 cm³/mol. The molecule has 0 bridgehead atoms. The molecule has 0 saturated carbocycles. The molecule has 2 aromatic carbocycles. The molecule has 1 aliphatic rings. The second-order valence-corrected chi connectivity index (χ2v) is 7.03. The first-order valence-corrected chi connectivity index (χ1v) is 8.33. The molecule has 1 N–H and O–H groups in total. The Kier molecular flexibility index (Phi) is 4.25. The third-order valence-corrected chi connectivity index (χ3v) is 4.88. The number of ketones is 1.